The number of hydrogen-bond acceptors (Lipinski definition) is 5. The van der Waals surface area contributed by atoms with Crippen LogP contribution in [0.5, 0.6) is 0 Å². The van der Waals surface area contributed by atoms with Crippen LogP contribution in [0, 0.1) is 5.92 Å². The SMILES string of the molecule is CC(C)[C@@H]1C(=O)NCCN1C(=O)c1cnsn1. The van der Waals surface area contributed by atoms with E-state index in [1.54, 1.807) is 4.90 Å². The van der Waals surface area contributed by atoms with Gasteiger partial charge in [-0.15, -0.1) is 0 Å². The number of amides is 2. The summed E-state index contributed by atoms with van der Waals surface area (Å²) in [5.74, 6) is -0.235. The molecule has 1 aliphatic rings. The summed E-state index contributed by atoms with van der Waals surface area (Å²) in [6.07, 6.45) is 1.44. The van der Waals surface area contributed by atoms with Crippen molar-refractivity contribution in [3.63, 3.8) is 0 Å². The molecule has 2 amide bonds. The third-order valence-electron chi connectivity index (χ3n) is 2.73. The third kappa shape index (κ3) is 2.28. The van der Waals surface area contributed by atoms with Crippen molar-refractivity contribution in [3.05, 3.63) is 11.9 Å². The fraction of sp³-hybridized carbons (Fsp3) is 0.600. The second-order valence-electron chi connectivity index (χ2n) is 4.27. The maximum Gasteiger partial charge on any atom is 0.275 e. The monoisotopic (exact) mass is 254 g/mol. The number of carbonyl (C=O) groups is 2. The van der Waals surface area contributed by atoms with Crippen molar-refractivity contribution >= 4 is 23.5 Å². The van der Waals surface area contributed by atoms with Crippen LogP contribution in [-0.4, -0.2) is 44.6 Å². The predicted octanol–water partition coefficient (Wildman–Crippen LogP) is 0.135. The first-order valence-electron chi connectivity index (χ1n) is 5.47. The lowest BCUT2D eigenvalue weighted by molar-refractivity contribution is -0.129. The van der Waals surface area contributed by atoms with Gasteiger partial charge in [-0.05, 0) is 5.92 Å². The Bertz CT molecular complexity index is 418. The number of nitrogens with one attached hydrogen (secondary N) is 1. The molecular weight excluding hydrogens is 240 g/mol. The van der Waals surface area contributed by atoms with E-state index >= 15 is 0 Å². The highest BCUT2D eigenvalue weighted by Gasteiger charge is 2.36. The van der Waals surface area contributed by atoms with Gasteiger partial charge in [0.05, 0.1) is 17.9 Å². The fourth-order valence-corrected chi connectivity index (χ4v) is 2.39. The van der Waals surface area contributed by atoms with E-state index in [2.05, 4.69) is 14.1 Å². The summed E-state index contributed by atoms with van der Waals surface area (Å²) >= 11 is 0.994. The van der Waals surface area contributed by atoms with E-state index in [4.69, 9.17) is 0 Å². The highest BCUT2D eigenvalue weighted by atomic mass is 32.1. The van der Waals surface area contributed by atoms with Crippen molar-refractivity contribution in [2.75, 3.05) is 13.1 Å². The predicted molar refractivity (Wildman–Crippen MR) is 62.6 cm³/mol. The summed E-state index contributed by atoms with van der Waals surface area (Å²) < 4.78 is 7.73. The number of piperazine rings is 1. The van der Waals surface area contributed by atoms with Crippen LogP contribution in [0.2, 0.25) is 0 Å². The molecule has 0 aliphatic carbocycles. The summed E-state index contributed by atoms with van der Waals surface area (Å²) in [6, 6.07) is -0.419. The van der Waals surface area contributed by atoms with E-state index in [1.807, 2.05) is 13.8 Å². The van der Waals surface area contributed by atoms with Crippen molar-refractivity contribution in [2.24, 2.45) is 5.92 Å². The van der Waals surface area contributed by atoms with E-state index in [-0.39, 0.29) is 17.7 Å². The summed E-state index contributed by atoms with van der Waals surface area (Å²) in [5.41, 5.74) is 0.315. The quantitative estimate of drug-likeness (QED) is 0.814. The Morgan fingerprint density at radius 3 is 3.00 bits per heavy atom. The van der Waals surface area contributed by atoms with Crippen molar-refractivity contribution in [1.29, 1.82) is 0 Å². The van der Waals surface area contributed by atoms with Gasteiger partial charge in [0.15, 0.2) is 5.69 Å². The molecule has 6 nitrogen and oxygen atoms in total. The largest absolute Gasteiger partial charge is 0.353 e. The molecule has 0 bridgehead atoms. The second-order valence-corrected chi connectivity index (χ2v) is 4.83. The van der Waals surface area contributed by atoms with Crippen LogP contribution in [0.3, 0.4) is 0 Å². The lowest BCUT2D eigenvalue weighted by Gasteiger charge is -2.36. The van der Waals surface area contributed by atoms with Crippen molar-refractivity contribution < 1.29 is 9.59 Å². The normalized spacial score (nSPS) is 20.5. The van der Waals surface area contributed by atoms with Gasteiger partial charge in [-0.1, -0.05) is 13.8 Å². The molecule has 0 radical (unpaired) electrons. The molecule has 1 atom stereocenters. The average molecular weight is 254 g/mol. The second kappa shape index (κ2) is 4.79. The number of hydrogen-bond donors (Lipinski definition) is 1. The van der Waals surface area contributed by atoms with Crippen LogP contribution >= 0.6 is 11.7 Å². The van der Waals surface area contributed by atoms with Gasteiger partial charge >= 0.3 is 0 Å². The Balaban J connectivity index is 2.23. The van der Waals surface area contributed by atoms with Crippen molar-refractivity contribution in [3.8, 4) is 0 Å². The maximum atomic E-state index is 12.2. The molecule has 1 aromatic rings. The summed E-state index contributed by atoms with van der Waals surface area (Å²) in [5, 5.41) is 2.78. The van der Waals surface area contributed by atoms with Crippen LogP contribution in [0.25, 0.3) is 0 Å². The van der Waals surface area contributed by atoms with Crippen molar-refractivity contribution in [1.82, 2.24) is 19.0 Å². The zero-order valence-electron chi connectivity index (χ0n) is 9.71. The smallest absolute Gasteiger partial charge is 0.275 e. The minimum atomic E-state index is -0.419. The highest BCUT2D eigenvalue weighted by Crippen LogP contribution is 2.16. The Morgan fingerprint density at radius 2 is 2.41 bits per heavy atom. The molecule has 1 aromatic heterocycles. The molecule has 17 heavy (non-hydrogen) atoms. The van der Waals surface area contributed by atoms with Gasteiger partial charge in [0.1, 0.15) is 6.04 Å². The molecule has 0 spiro atoms. The molecule has 7 heteroatoms. The first-order valence-corrected chi connectivity index (χ1v) is 6.20. The molecular formula is C10H14N4O2S. The lowest BCUT2D eigenvalue weighted by Crippen LogP contribution is -2.59. The van der Waals surface area contributed by atoms with E-state index in [0.29, 0.717) is 18.8 Å². The van der Waals surface area contributed by atoms with Gasteiger partial charge < -0.3 is 10.2 Å². The summed E-state index contributed by atoms with van der Waals surface area (Å²) in [6.45, 7) is 4.86. The topological polar surface area (TPSA) is 75.2 Å². The molecule has 2 rings (SSSR count). The summed E-state index contributed by atoms with van der Waals surface area (Å²) in [4.78, 5) is 25.5. The van der Waals surface area contributed by atoms with E-state index in [0.717, 1.165) is 11.7 Å². The lowest BCUT2D eigenvalue weighted by atomic mass is 9.99. The molecule has 1 N–H and O–H groups in total. The Hall–Kier alpha value is -1.50. The molecule has 0 aromatic carbocycles. The van der Waals surface area contributed by atoms with Gasteiger partial charge in [-0.3, -0.25) is 9.59 Å². The maximum absolute atomic E-state index is 12.2. The zero-order valence-corrected chi connectivity index (χ0v) is 10.5. The van der Waals surface area contributed by atoms with E-state index in [1.165, 1.54) is 6.20 Å². The highest BCUT2D eigenvalue weighted by molar-refractivity contribution is 6.99. The number of carbonyl (C=O) groups excluding carboxylic acids is 2. The van der Waals surface area contributed by atoms with Crippen molar-refractivity contribution in [2.45, 2.75) is 19.9 Å². The van der Waals surface area contributed by atoms with E-state index < -0.39 is 6.04 Å². The number of nitrogens with zero attached hydrogens (tertiary/aromatic N) is 3. The van der Waals surface area contributed by atoms with Gasteiger partial charge in [-0.25, -0.2) is 0 Å². The van der Waals surface area contributed by atoms with Crippen LogP contribution in [0.4, 0.5) is 0 Å². The molecule has 1 fully saturated rings. The first-order chi connectivity index (χ1) is 8.11. The van der Waals surface area contributed by atoms with Gasteiger partial charge in [0.2, 0.25) is 5.91 Å². The average Bonchev–Trinajstić information content (AvgIpc) is 2.80. The minimum Gasteiger partial charge on any atom is -0.353 e. The number of aromatic nitrogens is 2. The van der Waals surface area contributed by atoms with Crippen LogP contribution in [-0.2, 0) is 4.79 Å². The van der Waals surface area contributed by atoms with Gasteiger partial charge in [0, 0.05) is 13.1 Å². The van der Waals surface area contributed by atoms with E-state index in [9.17, 15) is 9.59 Å². The summed E-state index contributed by atoms with van der Waals surface area (Å²) in [7, 11) is 0. The van der Waals surface area contributed by atoms with Crippen LogP contribution in [0.15, 0.2) is 6.20 Å². The molecule has 1 saturated heterocycles. The van der Waals surface area contributed by atoms with Crippen LogP contribution < -0.4 is 5.32 Å². The molecule has 92 valence electrons. The minimum absolute atomic E-state index is 0.0749. The first kappa shape index (κ1) is 12.0. The number of rotatable bonds is 2. The molecule has 1 aliphatic heterocycles. The Labute approximate surface area is 103 Å². The molecule has 2 heterocycles. The zero-order chi connectivity index (χ0) is 12.4. The van der Waals surface area contributed by atoms with Gasteiger partial charge in [-0.2, -0.15) is 8.75 Å². The molecule has 0 unspecified atom stereocenters. The standard InChI is InChI=1S/C10H14N4O2S/c1-6(2)8-9(15)11-3-4-14(8)10(16)7-5-12-17-13-7/h5-6,8H,3-4H2,1-2H3,(H,11,15)/t8-/m1/s1. The third-order valence-corrected chi connectivity index (χ3v) is 3.21. The fourth-order valence-electron chi connectivity index (χ4n) is 1.98. The Kier molecular flexibility index (Phi) is 3.37. The van der Waals surface area contributed by atoms with Gasteiger partial charge in [0.25, 0.3) is 5.91 Å². The Morgan fingerprint density at radius 1 is 1.65 bits per heavy atom. The van der Waals surface area contributed by atoms with Crippen LogP contribution in [0.1, 0.15) is 24.3 Å². The molecule has 0 saturated carbocycles.